The van der Waals surface area contributed by atoms with Crippen molar-refractivity contribution in [2.75, 3.05) is 0 Å². The number of carbonyl (C=O) groups is 1. The first-order valence-corrected chi connectivity index (χ1v) is 6.17. The highest BCUT2D eigenvalue weighted by atomic mass is 16.2. The number of hydrogen-bond donors (Lipinski definition) is 1. The average molecular weight is 242 g/mol. The number of aromatic nitrogens is 1. The summed E-state index contributed by atoms with van der Waals surface area (Å²) in [6.07, 6.45) is 1.77. The van der Waals surface area contributed by atoms with Crippen LogP contribution in [0.2, 0.25) is 0 Å². The molecule has 1 amide bonds. The molecular weight excluding hydrogens is 224 g/mol. The van der Waals surface area contributed by atoms with Gasteiger partial charge in [-0.15, -0.1) is 0 Å². The van der Waals surface area contributed by atoms with E-state index in [2.05, 4.69) is 4.98 Å². The highest BCUT2D eigenvalue weighted by Crippen LogP contribution is 2.12. The van der Waals surface area contributed by atoms with Crippen LogP contribution in [0, 0.1) is 0 Å². The molecule has 1 N–H and O–H groups in total. The van der Waals surface area contributed by atoms with E-state index in [0.29, 0.717) is 12.2 Å². The van der Waals surface area contributed by atoms with Gasteiger partial charge in [0.1, 0.15) is 5.69 Å². The molecule has 0 atom stereocenters. The summed E-state index contributed by atoms with van der Waals surface area (Å²) >= 11 is 0. The molecule has 1 aromatic carbocycles. The molecule has 3 heteroatoms. The maximum Gasteiger partial charge on any atom is 0.270 e. The third kappa shape index (κ3) is 2.80. The number of amides is 1. The lowest BCUT2D eigenvalue weighted by Gasteiger charge is -2.26. The predicted octanol–water partition coefficient (Wildman–Crippen LogP) is 3.07. The quantitative estimate of drug-likeness (QED) is 0.878. The van der Waals surface area contributed by atoms with Crippen LogP contribution in [0.4, 0.5) is 0 Å². The Morgan fingerprint density at radius 3 is 2.44 bits per heavy atom. The third-order valence-electron chi connectivity index (χ3n) is 2.91. The molecule has 0 saturated heterocycles. The fourth-order valence-corrected chi connectivity index (χ4v) is 1.89. The lowest BCUT2D eigenvalue weighted by Crippen LogP contribution is -2.36. The van der Waals surface area contributed by atoms with Gasteiger partial charge in [-0.05, 0) is 31.5 Å². The van der Waals surface area contributed by atoms with Crippen molar-refractivity contribution in [1.82, 2.24) is 9.88 Å². The molecule has 0 radical (unpaired) electrons. The number of benzene rings is 1. The summed E-state index contributed by atoms with van der Waals surface area (Å²) in [7, 11) is 0. The van der Waals surface area contributed by atoms with E-state index in [-0.39, 0.29) is 11.9 Å². The maximum atomic E-state index is 12.3. The number of nitrogens with zero attached hydrogens (tertiary/aromatic N) is 1. The minimum atomic E-state index is 0.0406. The van der Waals surface area contributed by atoms with Crippen molar-refractivity contribution in [3.05, 3.63) is 59.9 Å². The number of H-pyrrole nitrogens is 1. The highest BCUT2D eigenvalue weighted by Gasteiger charge is 2.19. The van der Waals surface area contributed by atoms with Gasteiger partial charge < -0.3 is 9.88 Å². The average Bonchev–Trinajstić information content (AvgIpc) is 2.90. The zero-order chi connectivity index (χ0) is 13.0. The van der Waals surface area contributed by atoms with Crippen LogP contribution in [0.15, 0.2) is 48.7 Å². The summed E-state index contributed by atoms with van der Waals surface area (Å²) in [4.78, 5) is 17.2. The highest BCUT2D eigenvalue weighted by molar-refractivity contribution is 5.92. The minimum absolute atomic E-state index is 0.0406. The Kier molecular flexibility index (Phi) is 3.82. The molecule has 0 spiro atoms. The van der Waals surface area contributed by atoms with Gasteiger partial charge in [0, 0.05) is 18.8 Å². The van der Waals surface area contributed by atoms with Gasteiger partial charge in [0.25, 0.3) is 5.91 Å². The van der Waals surface area contributed by atoms with E-state index in [1.54, 1.807) is 6.20 Å². The Hall–Kier alpha value is -2.03. The van der Waals surface area contributed by atoms with Crippen molar-refractivity contribution in [2.45, 2.75) is 26.4 Å². The molecule has 0 unspecified atom stereocenters. The summed E-state index contributed by atoms with van der Waals surface area (Å²) in [6.45, 7) is 4.70. The van der Waals surface area contributed by atoms with Gasteiger partial charge in [-0.2, -0.15) is 0 Å². The number of hydrogen-bond acceptors (Lipinski definition) is 1. The summed E-state index contributed by atoms with van der Waals surface area (Å²) in [5, 5.41) is 0. The lowest BCUT2D eigenvalue weighted by molar-refractivity contribution is 0.0685. The second kappa shape index (κ2) is 5.54. The molecule has 94 valence electrons. The van der Waals surface area contributed by atoms with Crippen LogP contribution in [-0.4, -0.2) is 21.8 Å². The summed E-state index contributed by atoms with van der Waals surface area (Å²) < 4.78 is 0. The summed E-state index contributed by atoms with van der Waals surface area (Å²) in [6, 6.07) is 13.9. The van der Waals surface area contributed by atoms with Gasteiger partial charge in [-0.25, -0.2) is 0 Å². The zero-order valence-electron chi connectivity index (χ0n) is 10.8. The Bertz CT molecular complexity index is 488. The van der Waals surface area contributed by atoms with Crippen molar-refractivity contribution in [2.24, 2.45) is 0 Å². The fraction of sp³-hybridized carbons (Fsp3) is 0.267. The number of nitrogens with one attached hydrogen (secondary N) is 1. The lowest BCUT2D eigenvalue weighted by atomic mass is 10.2. The normalized spacial score (nSPS) is 10.6. The fourth-order valence-electron chi connectivity index (χ4n) is 1.89. The van der Waals surface area contributed by atoms with E-state index in [0.717, 1.165) is 5.56 Å². The number of aromatic amines is 1. The van der Waals surface area contributed by atoms with Crippen LogP contribution < -0.4 is 0 Å². The van der Waals surface area contributed by atoms with E-state index in [1.165, 1.54) is 0 Å². The second-order valence-electron chi connectivity index (χ2n) is 4.60. The monoisotopic (exact) mass is 242 g/mol. The first-order valence-electron chi connectivity index (χ1n) is 6.17. The standard InChI is InChI=1S/C15H18N2O/c1-12(2)17(11-13-7-4-3-5-8-13)15(18)14-9-6-10-16-14/h3-10,12,16H,11H2,1-2H3. The van der Waals surface area contributed by atoms with Crippen LogP contribution in [-0.2, 0) is 6.54 Å². The van der Waals surface area contributed by atoms with Crippen LogP contribution in [0.1, 0.15) is 29.9 Å². The largest absolute Gasteiger partial charge is 0.357 e. The first kappa shape index (κ1) is 12.4. The molecule has 1 aromatic heterocycles. The van der Waals surface area contributed by atoms with Gasteiger partial charge in [0.15, 0.2) is 0 Å². The molecule has 0 aliphatic carbocycles. The van der Waals surface area contributed by atoms with Crippen molar-refractivity contribution in [3.63, 3.8) is 0 Å². The molecule has 1 heterocycles. The SMILES string of the molecule is CC(C)N(Cc1ccccc1)C(=O)c1ccc[nH]1. The van der Waals surface area contributed by atoms with Gasteiger partial charge in [0.2, 0.25) is 0 Å². The maximum absolute atomic E-state index is 12.3. The first-order chi connectivity index (χ1) is 8.68. The molecular formula is C15H18N2O. The molecule has 0 saturated carbocycles. The Balaban J connectivity index is 2.17. The molecule has 0 bridgehead atoms. The van der Waals surface area contributed by atoms with Crippen molar-refractivity contribution in [3.8, 4) is 0 Å². The van der Waals surface area contributed by atoms with Crippen LogP contribution >= 0.6 is 0 Å². The molecule has 2 aromatic rings. The van der Waals surface area contributed by atoms with Gasteiger partial charge in [-0.1, -0.05) is 30.3 Å². The Morgan fingerprint density at radius 1 is 1.17 bits per heavy atom. The third-order valence-corrected chi connectivity index (χ3v) is 2.91. The van der Waals surface area contributed by atoms with Gasteiger partial charge >= 0.3 is 0 Å². The molecule has 18 heavy (non-hydrogen) atoms. The predicted molar refractivity (Wildman–Crippen MR) is 72.2 cm³/mol. The Morgan fingerprint density at radius 2 is 1.89 bits per heavy atom. The van der Waals surface area contributed by atoms with Gasteiger partial charge in [-0.3, -0.25) is 4.79 Å². The summed E-state index contributed by atoms with van der Waals surface area (Å²) in [5.41, 5.74) is 1.78. The van der Waals surface area contributed by atoms with E-state index in [1.807, 2.05) is 61.2 Å². The molecule has 0 fully saturated rings. The molecule has 2 rings (SSSR count). The smallest absolute Gasteiger partial charge is 0.270 e. The topological polar surface area (TPSA) is 36.1 Å². The van der Waals surface area contributed by atoms with Gasteiger partial charge in [0.05, 0.1) is 0 Å². The number of carbonyl (C=O) groups excluding carboxylic acids is 1. The zero-order valence-corrected chi connectivity index (χ0v) is 10.8. The van der Waals surface area contributed by atoms with E-state index in [4.69, 9.17) is 0 Å². The number of rotatable bonds is 4. The van der Waals surface area contributed by atoms with E-state index >= 15 is 0 Å². The van der Waals surface area contributed by atoms with Crippen LogP contribution in [0.25, 0.3) is 0 Å². The molecule has 0 aliphatic rings. The molecule has 0 aliphatic heterocycles. The van der Waals surface area contributed by atoms with E-state index in [9.17, 15) is 4.79 Å². The van der Waals surface area contributed by atoms with E-state index < -0.39 is 0 Å². The van der Waals surface area contributed by atoms with Crippen molar-refractivity contribution in [1.29, 1.82) is 0 Å². The summed E-state index contributed by atoms with van der Waals surface area (Å²) in [5.74, 6) is 0.0406. The molecule has 3 nitrogen and oxygen atoms in total. The van der Waals surface area contributed by atoms with Crippen LogP contribution in [0.5, 0.6) is 0 Å². The van der Waals surface area contributed by atoms with Crippen molar-refractivity contribution < 1.29 is 4.79 Å². The van der Waals surface area contributed by atoms with Crippen molar-refractivity contribution >= 4 is 5.91 Å². The Labute approximate surface area is 107 Å². The minimum Gasteiger partial charge on any atom is -0.357 e. The second-order valence-corrected chi connectivity index (χ2v) is 4.60. The van der Waals surface area contributed by atoms with Crippen LogP contribution in [0.3, 0.4) is 0 Å².